The average Bonchev–Trinajstić information content (AvgIpc) is 3.29. The molecule has 4 aliphatic heterocycles. The van der Waals surface area contributed by atoms with Gasteiger partial charge in [0.1, 0.15) is 29.3 Å². The van der Waals surface area contributed by atoms with Crippen LogP contribution < -0.4 is 28.8 Å². The van der Waals surface area contributed by atoms with Gasteiger partial charge < -0.3 is 38.1 Å². The lowest BCUT2D eigenvalue weighted by atomic mass is 9.84. The molecule has 4 aliphatic rings. The van der Waals surface area contributed by atoms with E-state index in [1.54, 1.807) is 21.3 Å². The Morgan fingerprint density at radius 1 is 0.703 bits per heavy atom. The number of hydrogen-bond donors (Lipinski definition) is 0. The van der Waals surface area contributed by atoms with Crippen molar-refractivity contribution < 1.29 is 38.1 Å². The highest BCUT2D eigenvalue weighted by Crippen LogP contribution is 2.48. The summed E-state index contributed by atoms with van der Waals surface area (Å²) in [6, 6.07) is 21.9. The largest absolute Gasteiger partial charge is 0.544 e. The van der Waals surface area contributed by atoms with Crippen LogP contribution in [0.3, 0.4) is 0 Å². The second kappa shape index (κ2) is 22.4. The number of unbranched alkanes of at least 4 members (excludes halogenated alkanes) is 13. The highest BCUT2D eigenvalue weighted by Gasteiger charge is 2.46. The predicted octanol–water partition coefficient (Wildman–Crippen LogP) is 11.7. The van der Waals surface area contributed by atoms with Crippen LogP contribution in [0.25, 0.3) is 0 Å². The van der Waals surface area contributed by atoms with Crippen LogP contribution in [-0.4, -0.2) is 69.9 Å². The fraction of sp³-hybridized carbons (Fsp3) is 0.545. The van der Waals surface area contributed by atoms with Crippen molar-refractivity contribution in [1.29, 1.82) is 0 Å². The van der Waals surface area contributed by atoms with Gasteiger partial charge in [0.25, 0.3) is 0 Å². The lowest BCUT2D eigenvalue weighted by Gasteiger charge is -2.51. The molecule has 9 nitrogen and oxygen atoms in total. The highest BCUT2D eigenvalue weighted by molar-refractivity contribution is 5.70. The van der Waals surface area contributed by atoms with E-state index in [0.717, 1.165) is 78.0 Å². The highest BCUT2D eigenvalue weighted by atomic mass is 16.5. The third-order valence-electron chi connectivity index (χ3n) is 14.7. The van der Waals surface area contributed by atoms with E-state index < -0.39 is 12.0 Å². The summed E-state index contributed by atoms with van der Waals surface area (Å²) < 4.78 is 31.8. The van der Waals surface area contributed by atoms with Gasteiger partial charge in [-0.3, -0.25) is 4.90 Å². The number of carbonyl (C=O) groups is 1. The lowest BCUT2D eigenvalue weighted by Crippen LogP contribution is -2.63. The fourth-order valence-corrected chi connectivity index (χ4v) is 10.8. The maximum atomic E-state index is 13.4. The third kappa shape index (κ3) is 11.2. The second-order valence-electron chi connectivity index (χ2n) is 18.9. The summed E-state index contributed by atoms with van der Waals surface area (Å²) in [6.45, 7) is 3.83. The number of methoxy groups -OCH3 is 3. The van der Waals surface area contributed by atoms with E-state index in [2.05, 4.69) is 68.4 Å². The van der Waals surface area contributed by atoms with Crippen molar-refractivity contribution >= 4 is 5.97 Å². The Morgan fingerprint density at radius 3 is 1.98 bits per heavy atom. The van der Waals surface area contributed by atoms with Gasteiger partial charge in [0.2, 0.25) is 0 Å². The van der Waals surface area contributed by atoms with Gasteiger partial charge in [0, 0.05) is 49.0 Å². The van der Waals surface area contributed by atoms with Crippen LogP contribution in [0.2, 0.25) is 0 Å². The molecule has 8 rings (SSSR count). The minimum Gasteiger partial charge on any atom is -0.544 e. The van der Waals surface area contributed by atoms with Gasteiger partial charge in [-0.25, -0.2) is 0 Å². The standard InChI is InChI=1S/C55H74N2O7/c1-7-8-9-10-11-12-13-14-15-16-17-18-19-20-21-47(55(58)59)57(3)31-29-41-36-50(62-6)52-38-45(41)48(57)33-39-22-25-43(26-23-39)63-51-34-40(24-27-49(51)61-5)32-46-54-42(28-30-56(46)2)35-44(60-4)37-53(54)64-52/h22-27,34-38,46-48H,7-21,28-33H2,1-6H3. The molecule has 64 heavy (non-hydrogen) atoms. The first kappa shape index (κ1) is 47.2. The molecule has 0 fully saturated rings. The van der Waals surface area contributed by atoms with E-state index in [0.29, 0.717) is 59.0 Å². The Labute approximate surface area is 383 Å². The summed E-state index contributed by atoms with van der Waals surface area (Å²) in [5.41, 5.74) is 6.76. The Bertz CT molecular complexity index is 2150. The van der Waals surface area contributed by atoms with Crippen molar-refractivity contribution in [2.45, 2.75) is 147 Å². The summed E-state index contributed by atoms with van der Waals surface area (Å²) in [5.74, 6) is 3.77. The Morgan fingerprint density at radius 2 is 1.34 bits per heavy atom. The molecule has 0 aromatic heterocycles. The molecule has 0 N–H and O–H groups in total. The number of hydrogen-bond acceptors (Lipinski definition) is 8. The van der Waals surface area contributed by atoms with E-state index in [1.165, 1.54) is 76.2 Å². The molecular formula is C55H74N2O7. The normalized spacial score (nSPS) is 19.7. The van der Waals surface area contributed by atoms with Gasteiger partial charge in [0.05, 0.1) is 40.9 Å². The molecule has 0 radical (unpaired) electrons. The number of nitrogens with zero attached hydrogens (tertiary/aromatic N) is 2. The Balaban J connectivity index is 1.19. The van der Waals surface area contributed by atoms with Crippen molar-refractivity contribution in [3.63, 3.8) is 0 Å². The number of ether oxygens (including phenoxy) is 5. The zero-order chi connectivity index (χ0) is 45.1. The smallest absolute Gasteiger partial charge is 0.169 e. The molecule has 4 unspecified atom stereocenters. The zero-order valence-corrected chi connectivity index (χ0v) is 39.7. The van der Waals surface area contributed by atoms with Crippen molar-refractivity contribution in [1.82, 2.24) is 4.90 Å². The number of likely N-dealkylation sites (N-methyl/N-ethyl adjacent to an activating group) is 2. The Kier molecular flexibility index (Phi) is 16.6. The number of carboxylic acid groups (broad SMARTS) is 1. The van der Waals surface area contributed by atoms with Crippen LogP contribution in [-0.2, 0) is 30.5 Å². The Hall–Kier alpha value is -4.73. The average molecular weight is 875 g/mol. The zero-order valence-electron chi connectivity index (χ0n) is 39.7. The summed E-state index contributed by atoms with van der Waals surface area (Å²) in [5, 5.41) is 13.4. The molecule has 0 saturated carbocycles. The maximum Gasteiger partial charge on any atom is 0.169 e. The van der Waals surface area contributed by atoms with Crippen LogP contribution in [0, 0.1) is 0 Å². The van der Waals surface area contributed by atoms with Crippen LogP contribution in [0.15, 0.2) is 66.7 Å². The van der Waals surface area contributed by atoms with Crippen LogP contribution >= 0.6 is 0 Å². The van der Waals surface area contributed by atoms with Crippen LogP contribution in [0.4, 0.5) is 0 Å². The number of carboxylic acids is 1. The van der Waals surface area contributed by atoms with Gasteiger partial charge in [-0.1, -0.05) is 109 Å². The van der Waals surface area contributed by atoms with Gasteiger partial charge in [-0.05, 0) is 91.0 Å². The molecule has 0 spiro atoms. The number of benzene rings is 4. The van der Waals surface area contributed by atoms with E-state index in [-0.39, 0.29) is 12.1 Å². The molecular weight excluding hydrogens is 801 g/mol. The van der Waals surface area contributed by atoms with Crippen LogP contribution in [0.1, 0.15) is 149 Å². The van der Waals surface area contributed by atoms with E-state index in [1.807, 2.05) is 24.3 Å². The first-order valence-electron chi connectivity index (χ1n) is 24.4. The van der Waals surface area contributed by atoms with Crippen molar-refractivity contribution in [2.75, 3.05) is 48.5 Å². The predicted molar refractivity (Wildman–Crippen MR) is 253 cm³/mol. The molecule has 4 atom stereocenters. The van der Waals surface area contributed by atoms with Crippen molar-refractivity contribution in [3.05, 3.63) is 100 Å². The minimum atomic E-state index is -0.969. The molecule has 4 heterocycles. The second-order valence-corrected chi connectivity index (χ2v) is 18.9. The van der Waals surface area contributed by atoms with E-state index >= 15 is 0 Å². The van der Waals surface area contributed by atoms with Crippen LogP contribution in [0.5, 0.6) is 40.2 Å². The number of quaternary nitrogens is 1. The van der Waals surface area contributed by atoms with Crippen molar-refractivity contribution in [2.24, 2.45) is 0 Å². The van der Waals surface area contributed by atoms with E-state index in [9.17, 15) is 9.90 Å². The number of carbonyl (C=O) groups excluding carboxylic acids is 1. The van der Waals surface area contributed by atoms with Gasteiger partial charge in [0.15, 0.2) is 23.0 Å². The summed E-state index contributed by atoms with van der Waals surface area (Å²) in [6.07, 6.45) is 21.2. The molecule has 0 aliphatic carbocycles. The first-order valence-corrected chi connectivity index (χ1v) is 24.4. The SMILES string of the molecule is CCCCCCCCCCCCCCCCC(C(=O)[O-])[N+]1(C)CCc2cc(OC)c3cc2C1Cc1ccc(cc1)Oc1cc(ccc1OC)CC1c2c(cc(OC)cc2O3)CCN1C. The summed E-state index contributed by atoms with van der Waals surface area (Å²) in [4.78, 5) is 15.8. The van der Waals surface area contributed by atoms with Gasteiger partial charge >= 0.3 is 0 Å². The van der Waals surface area contributed by atoms with Gasteiger partial charge in [-0.2, -0.15) is 0 Å². The number of fused-ring (bicyclic) bond motifs is 2. The molecule has 346 valence electrons. The third-order valence-corrected chi connectivity index (χ3v) is 14.7. The number of rotatable bonds is 20. The molecule has 0 amide bonds. The van der Waals surface area contributed by atoms with Crippen molar-refractivity contribution in [3.8, 4) is 40.2 Å². The molecule has 4 aromatic rings. The summed E-state index contributed by atoms with van der Waals surface area (Å²) >= 11 is 0. The van der Waals surface area contributed by atoms with Gasteiger partial charge in [-0.15, -0.1) is 0 Å². The molecule has 6 bridgehead atoms. The molecule has 0 saturated heterocycles. The monoisotopic (exact) mass is 875 g/mol. The topological polar surface area (TPSA) is 89.5 Å². The lowest BCUT2D eigenvalue weighted by molar-refractivity contribution is -0.958. The quantitative estimate of drug-likeness (QED) is 0.0641. The molecule has 9 heteroatoms. The summed E-state index contributed by atoms with van der Waals surface area (Å²) in [7, 11) is 9.37. The first-order chi connectivity index (χ1) is 31.1. The number of aliphatic carboxylic acids is 1. The maximum absolute atomic E-state index is 13.4. The molecule has 4 aromatic carbocycles. The fourth-order valence-electron chi connectivity index (χ4n) is 10.8. The van der Waals surface area contributed by atoms with E-state index in [4.69, 9.17) is 23.7 Å². The minimum absolute atomic E-state index is 0.000809.